The van der Waals surface area contributed by atoms with E-state index in [1.165, 1.54) is 19.4 Å². The maximum atomic E-state index is 11.6. The number of fused-ring (bicyclic) bond motifs is 1. The van der Waals surface area contributed by atoms with Crippen LogP contribution in [-0.2, 0) is 4.79 Å². The van der Waals surface area contributed by atoms with Crippen molar-refractivity contribution in [3.8, 4) is 0 Å². The van der Waals surface area contributed by atoms with Crippen molar-refractivity contribution < 1.29 is 4.79 Å². The second-order valence-corrected chi connectivity index (χ2v) is 5.27. The van der Waals surface area contributed by atoms with Crippen molar-refractivity contribution >= 4 is 21.8 Å². The molecule has 1 amide bonds. The monoisotopic (exact) mass is 274 g/mol. The van der Waals surface area contributed by atoms with E-state index in [9.17, 15) is 4.79 Å². The first kappa shape index (κ1) is 11.4. The average molecular weight is 275 g/mol. The van der Waals surface area contributed by atoms with Crippen molar-refractivity contribution in [3.05, 3.63) is 0 Å². The Morgan fingerprint density at radius 2 is 2.20 bits per heavy atom. The third-order valence-electron chi connectivity index (χ3n) is 3.81. The Morgan fingerprint density at radius 3 is 2.93 bits per heavy atom. The summed E-state index contributed by atoms with van der Waals surface area (Å²) in [4.78, 5) is 16.1. The van der Waals surface area contributed by atoms with Gasteiger partial charge in [-0.2, -0.15) is 0 Å². The number of likely N-dealkylation sites (tertiary alicyclic amines) is 2. The van der Waals surface area contributed by atoms with Gasteiger partial charge in [0.05, 0.1) is 5.33 Å². The number of hydrogen-bond donors (Lipinski definition) is 0. The highest BCUT2D eigenvalue weighted by atomic mass is 79.9. The number of hydrogen-bond acceptors (Lipinski definition) is 2. The van der Waals surface area contributed by atoms with Gasteiger partial charge in [0.25, 0.3) is 0 Å². The lowest BCUT2D eigenvalue weighted by molar-refractivity contribution is -0.131. The minimum atomic E-state index is 0.252. The maximum Gasteiger partial charge on any atom is 0.233 e. The standard InChI is InChI=1S/C11H19BrN2O/c1-13-5-2-3-9-8-14(11(15)7-12)6-4-10(9)13/h9-10H,2-8H2,1H3. The van der Waals surface area contributed by atoms with Crippen molar-refractivity contribution in [2.75, 3.05) is 32.0 Å². The molecule has 0 bridgehead atoms. The lowest BCUT2D eigenvalue weighted by atomic mass is 9.84. The molecule has 0 aromatic carbocycles. The van der Waals surface area contributed by atoms with Gasteiger partial charge in [0.2, 0.25) is 5.91 Å². The first-order valence-corrected chi connectivity index (χ1v) is 6.88. The van der Waals surface area contributed by atoms with Gasteiger partial charge in [-0.3, -0.25) is 4.79 Å². The molecule has 0 aromatic rings. The number of alkyl halides is 1. The van der Waals surface area contributed by atoms with Crippen LogP contribution >= 0.6 is 15.9 Å². The predicted molar refractivity (Wildman–Crippen MR) is 64.1 cm³/mol. The normalized spacial score (nSPS) is 32.5. The van der Waals surface area contributed by atoms with E-state index < -0.39 is 0 Å². The third kappa shape index (κ3) is 2.36. The first-order chi connectivity index (χ1) is 7.22. The first-order valence-electron chi connectivity index (χ1n) is 5.76. The van der Waals surface area contributed by atoms with E-state index in [4.69, 9.17) is 0 Å². The van der Waals surface area contributed by atoms with Crippen LogP contribution < -0.4 is 0 Å². The van der Waals surface area contributed by atoms with Gasteiger partial charge < -0.3 is 9.80 Å². The van der Waals surface area contributed by atoms with Crippen molar-refractivity contribution in [1.82, 2.24) is 9.80 Å². The fourth-order valence-corrected chi connectivity index (χ4v) is 3.32. The second kappa shape index (κ2) is 4.83. The average Bonchev–Trinajstić information content (AvgIpc) is 2.28. The molecule has 0 aliphatic carbocycles. The minimum absolute atomic E-state index is 0.252. The Labute approximate surface area is 99.9 Å². The van der Waals surface area contributed by atoms with E-state index in [0.29, 0.717) is 11.2 Å². The fraction of sp³-hybridized carbons (Fsp3) is 0.909. The summed E-state index contributed by atoms with van der Waals surface area (Å²) in [6.45, 7) is 3.14. The topological polar surface area (TPSA) is 23.6 Å². The lowest BCUT2D eigenvalue weighted by Gasteiger charge is -2.45. The zero-order valence-electron chi connectivity index (χ0n) is 9.29. The van der Waals surface area contributed by atoms with Crippen LogP contribution in [0.25, 0.3) is 0 Å². The Bertz CT molecular complexity index is 247. The molecule has 0 aromatic heterocycles. The van der Waals surface area contributed by atoms with E-state index in [1.807, 2.05) is 4.90 Å². The SMILES string of the molecule is CN1CCCC2CN(C(=O)CBr)CCC21. The van der Waals surface area contributed by atoms with Crippen LogP contribution in [0.2, 0.25) is 0 Å². The molecule has 2 aliphatic rings. The van der Waals surface area contributed by atoms with E-state index >= 15 is 0 Å². The maximum absolute atomic E-state index is 11.6. The van der Waals surface area contributed by atoms with Gasteiger partial charge in [-0.1, -0.05) is 15.9 Å². The van der Waals surface area contributed by atoms with E-state index in [0.717, 1.165) is 25.6 Å². The van der Waals surface area contributed by atoms with Crippen molar-refractivity contribution in [1.29, 1.82) is 0 Å². The number of nitrogens with zero attached hydrogens (tertiary/aromatic N) is 2. The molecule has 0 radical (unpaired) electrons. The summed E-state index contributed by atoms with van der Waals surface area (Å²) in [6, 6.07) is 0.720. The quantitative estimate of drug-likeness (QED) is 0.674. The highest BCUT2D eigenvalue weighted by Gasteiger charge is 2.35. The molecular formula is C11H19BrN2O. The summed E-state index contributed by atoms with van der Waals surface area (Å²) in [7, 11) is 2.22. The zero-order chi connectivity index (χ0) is 10.8. The number of halogens is 1. The highest BCUT2D eigenvalue weighted by molar-refractivity contribution is 9.09. The molecule has 3 nitrogen and oxygen atoms in total. The van der Waals surface area contributed by atoms with Gasteiger partial charge in [0, 0.05) is 19.1 Å². The van der Waals surface area contributed by atoms with Crippen molar-refractivity contribution in [2.45, 2.75) is 25.3 Å². The van der Waals surface area contributed by atoms with Crippen LogP contribution in [0.15, 0.2) is 0 Å². The molecule has 2 fully saturated rings. The molecule has 2 aliphatic heterocycles. The van der Waals surface area contributed by atoms with Crippen LogP contribution in [0.4, 0.5) is 0 Å². The summed E-state index contributed by atoms with van der Waals surface area (Å²) in [5.74, 6) is 0.960. The summed E-state index contributed by atoms with van der Waals surface area (Å²) >= 11 is 3.25. The summed E-state index contributed by atoms with van der Waals surface area (Å²) < 4.78 is 0. The molecule has 2 saturated heterocycles. The Balaban J connectivity index is 1.96. The second-order valence-electron chi connectivity index (χ2n) is 4.71. The van der Waals surface area contributed by atoms with E-state index in [1.54, 1.807) is 0 Å². The number of carbonyl (C=O) groups excluding carboxylic acids is 1. The third-order valence-corrected chi connectivity index (χ3v) is 4.29. The van der Waals surface area contributed by atoms with Gasteiger partial charge in [-0.05, 0) is 38.8 Å². The number of rotatable bonds is 1. The molecule has 0 N–H and O–H groups in total. The molecule has 2 heterocycles. The summed E-state index contributed by atoms with van der Waals surface area (Å²) in [5.41, 5.74) is 0. The highest BCUT2D eigenvalue weighted by Crippen LogP contribution is 2.29. The molecule has 2 atom stereocenters. The van der Waals surface area contributed by atoms with Crippen LogP contribution in [0.3, 0.4) is 0 Å². The number of carbonyl (C=O) groups is 1. The van der Waals surface area contributed by atoms with Gasteiger partial charge in [0.15, 0.2) is 0 Å². The smallest absolute Gasteiger partial charge is 0.233 e. The van der Waals surface area contributed by atoms with Crippen LogP contribution in [0, 0.1) is 5.92 Å². The Hall–Kier alpha value is -0.0900. The largest absolute Gasteiger partial charge is 0.342 e. The Kier molecular flexibility index (Phi) is 3.67. The molecule has 0 spiro atoms. The van der Waals surface area contributed by atoms with Crippen molar-refractivity contribution in [3.63, 3.8) is 0 Å². The zero-order valence-corrected chi connectivity index (χ0v) is 10.9. The van der Waals surface area contributed by atoms with Crippen LogP contribution in [0.1, 0.15) is 19.3 Å². The van der Waals surface area contributed by atoms with Gasteiger partial charge >= 0.3 is 0 Å². The molecule has 2 rings (SSSR count). The number of amides is 1. The van der Waals surface area contributed by atoms with E-state index in [-0.39, 0.29) is 5.91 Å². The van der Waals surface area contributed by atoms with Gasteiger partial charge in [0.1, 0.15) is 0 Å². The molecule has 2 unspecified atom stereocenters. The lowest BCUT2D eigenvalue weighted by Crippen LogP contribution is -2.54. The van der Waals surface area contributed by atoms with Crippen molar-refractivity contribution in [2.24, 2.45) is 5.92 Å². The fourth-order valence-electron chi connectivity index (χ4n) is 2.96. The molecule has 15 heavy (non-hydrogen) atoms. The Morgan fingerprint density at radius 1 is 1.40 bits per heavy atom. The van der Waals surface area contributed by atoms with Gasteiger partial charge in [-0.15, -0.1) is 0 Å². The molecule has 0 saturated carbocycles. The van der Waals surface area contributed by atoms with Crippen LogP contribution in [-0.4, -0.2) is 53.8 Å². The summed E-state index contributed by atoms with van der Waals surface area (Å²) in [6.07, 6.45) is 3.73. The molecule has 86 valence electrons. The molecular weight excluding hydrogens is 256 g/mol. The molecule has 4 heteroatoms. The minimum Gasteiger partial charge on any atom is -0.342 e. The van der Waals surface area contributed by atoms with Gasteiger partial charge in [-0.25, -0.2) is 0 Å². The summed E-state index contributed by atoms with van der Waals surface area (Å²) in [5, 5.41) is 0.472. The number of piperidine rings is 2. The predicted octanol–water partition coefficient (Wildman–Crippen LogP) is 1.32. The van der Waals surface area contributed by atoms with Crippen LogP contribution in [0.5, 0.6) is 0 Å². The van der Waals surface area contributed by atoms with E-state index in [2.05, 4.69) is 27.9 Å².